The molecule has 8 heteroatoms. The average Bonchev–Trinajstić information content (AvgIpc) is 3.27. The molecule has 0 radical (unpaired) electrons. The van der Waals surface area contributed by atoms with Gasteiger partial charge in [0.15, 0.2) is 6.10 Å². The molecule has 3 aromatic rings. The number of aliphatic hydroxyl groups is 1. The molecule has 3 aromatic carbocycles. The first kappa shape index (κ1) is 29.3. The zero-order chi connectivity index (χ0) is 28.5. The first-order valence-corrected chi connectivity index (χ1v) is 13.5. The van der Waals surface area contributed by atoms with E-state index in [9.17, 15) is 14.7 Å². The molecule has 2 amide bonds. The van der Waals surface area contributed by atoms with Gasteiger partial charge < -0.3 is 24.1 Å². The molecular formula is C32H37NO7. The van der Waals surface area contributed by atoms with Crippen molar-refractivity contribution in [2.45, 2.75) is 57.8 Å². The lowest BCUT2D eigenvalue weighted by Gasteiger charge is -2.29. The van der Waals surface area contributed by atoms with Crippen molar-refractivity contribution in [3.8, 4) is 5.75 Å². The molecule has 0 unspecified atom stereocenters. The number of ether oxygens (including phenoxy) is 4. The number of imide groups is 1. The molecule has 1 fully saturated rings. The fraction of sp³-hybridized carbons (Fsp3) is 0.375. The van der Waals surface area contributed by atoms with Gasteiger partial charge in [0.25, 0.3) is 5.91 Å². The summed E-state index contributed by atoms with van der Waals surface area (Å²) in [7, 11) is 1.58. The largest absolute Gasteiger partial charge is 0.497 e. The van der Waals surface area contributed by atoms with E-state index in [1.54, 1.807) is 26.2 Å². The van der Waals surface area contributed by atoms with Gasteiger partial charge in [-0.05, 0) is 48.1 Å². The molecule has 0 spiro atoms. The molecule has 0 aliphatic carbocycles. The minimum atomic E-state index is -1.27. The van der Waals surface area contributed by atoms with E-state index in [0.717, 1.165) is 21.6 Å². The van der Waals surface area contributed by atoms with Crippen LogP contribution in [0.1, 0.15) is 43.1 Å². The summed E-state index contributed by atoms with van der Waals surface area (Å²) in [5.74, 6) is -0.00528. The summed E-state index contributed by atoms with van der Waals surface area (Å²) < 4.78 is 22.6. The zero-order valence-electron chi connectivity index (χ0n) is 23.1. The molecule has 8 nitrogen and oxygen atoms in total. The molecule has 40 heavy (non-hydrogen) atoms. The highest BCUT2D eigenvalue weighted by atomic mass is 16.6. The molecule has 0 bridgehead atoms. The molecule has 1 heterocycles. The molecule has 1 saturated heterocycles. The average molecular weight is 548 g/mol. The number of hydrogen-bond donors (Lipinski definition) is 1. The molecule has 1 aliphatic rings. The SMILES string of the molecule is COc1ccc(CO[C@@H](C(=O)N2C(=O)O[C@@H](c3ccccc3)[C@H]2C)[C@@H](O)C[C@@H](C)COCc2ccccc2)cc1. The van der Waals surface area contributed by atoms with E-state index < -0.39 is 36.4 Å². The number of rotatable bonds is 13. The topological polar surface area (TPSA) is 94.5 Å². The van der Waals surface area contributed by atoms with Crippen LogP contribution in [-0.4, -0.2) is 54.0 Å². The van der Waals surface area contributed by atoms with Crippen LogP contribution in [-0.2, 0) is 32.2 Å². The first-order valence-electron chi connectivity index (χ1n) is 13.5. The van der Waals surface area contributed by atoms with Gasteiger partial charge in [-0.25, -0.2) is 9.69 Å². The Morgan fingerprint density at radius 1 is 0.950 bits per heavy atom. The third-order valence-electron chi connectivity index (χ3n) is 6.97. The van der Waals surface area contributed by atoms with Gasteiger partial charge in [-0.1, -0.05) is 79.7 Å². The summed E-state index contributed by atoms with van der Waals surface area (Å²) in [4.78, 5) is 27.7. The normalized spacial score (nSPS) is 19.1. The van der Waals surface area contributed by atoms with Crippen LogP contribution in [0.3, 0.4) is 0 Å². The monoisotopic (exact) mass is 547 g/mol. The molecule has 1 N–H and O–H groups in total. The van der Waals surface area contributed by atoms with Crippen LogP contribution in [0.4, 0.5) is 4.79 Å². The highest BCUT2D eigenvalue weighted by molar-refractivity contribution is 5.96. The van der Waals surface area contributed by atoms with Gasteiger partial charge in [-0.15, -0.1) is 0 Å². The Hall–Kier alpha value is -3.72. The van der Waals surface area contributed by atoms with Crippen molar-refractivity contribution in [3.63, 3.8) is 0 Å². The van der Waals surface area contributed by atoms with E-state index >= 15 is 0 Å². The van der Waals surface area contributed by atoms with Crippen LogP contribution in [0.5, 0.6) is 5.75 Å². The van der Waals surface area contributed by atoms with Crippen LogP contribution in [0.25, 0.3) is 0 Å². The van der Waals surface area contributed by atoms with Crippen LogP contribution in [0, 0.1) is 5.92 Å². The van der Waals surface area contributed by atoms with Gasteiger partial charge >= 0.3 is 6.09 Å². The number of hydrogen-bond acceptors (Lipinski definition) is 7. The molecule has 212 valence electrons. The van der Waals surface area contributed by atoms with Crippen LogP contribution >= 0.6 is 0 Å². The third-order valence-corrected chi connectivity index (χ3v) is 6.97. The lowest BCUT2D eigenvalue weighted by atomic mass is 9.98. The Morgan fingerprint density at radius 2 is 1.57 bits per heavy atom. The second kappa shape index (κ2) is 14.1. The van der Waals surface area contributed by atoms with Crippen LogP contribution in [0.15, 0.2) is 84.9 Å². The van der Waals surface area contributed by atoms with E-state index in [2.05, 4.69) is 0 Å². The summed E-state index contributed by atoms with van der Waals surface area (Å²) in [6.07, 6.45) is -3.56. The van der Waals surface area contributed by atoms with Crippen molar-refractivity contribution < 1.29 is 33.6 Å². The summed E-state index contributed by atoms with van der Waals surface area (Å²) in [6.45, 7) is 4.61. The van der Waals surface area contributed by atoms with Crippen molar-refractivity contribution in [3.05, 3.63) is 102 Å². The summed E-state index contributed by atoms with van der Waals surface area (Å²) in [6, 6.07) is 25.8. The first-order chi connectivity index (χ1) is 19.4. The Morgan fingerprint density at radius 3 is 2.23 bits per heavy atom. The molecule has 0 saturated carbocycles. The number of methoxy groups -OCH3 is 1. The number of aliphatic hydroxyl groups excluding tert-OH is 1. The number of carbonyl (C=O) groups is 2. The van der Waals surface area contributed by atoms with Gasteiger partial charge in [-0.2, -0.15) is 0 Å². The predicted molar refractivity (Wildman–Crippen MR) is 149 cm³/mol. The lowest BCUT2D eigenvalue weighted by molar-refractivity contribution is -0.152. The van der Waals surface area contributed by atoms with E-state index in [4.69, 9.17) is 18.9 Å². The maximum absolute atomic E-state index is 13.8. The van der Waals surface area contributed by atoms with Gasteiger partial charge in [0.2, 0.25) is 0 Å². The van der Waals surface area contributed by atoms with E-state index in [1.165, 1.54) is 0 Å². The Balaban J connectivity index is 1.45. The minimum absolute atomic E-state index is 0.0652. The Labute approximate surface area is 235 Å². The fourth-order valence-electron chi connectivity index (χ4n) is 4.79. The molecule has 5 atom stereocenters. The number of carbonyl (C=O) groups excluding carboxylic acids is 2. The fourth-order valence-corrected chi connectivity index (χ4v) is 4.79. The Bertz CT molecular complexity index is 1220. The van der Waals surface area contributed by atoms with Gasteiger partial charge in [0.1, 0.15) is 11.9 Å². The van der Waals surface area contributed by atoms with Gasteiger partial charge in [0.05, 0.1) is 32.5 Å². The summed E-state index contributed by atoms with van der Waals surface area (Å²) >= 11 is 0. The zero-order valence-corrected chi connectivity index (χ0v) is 23.1. The smallest absolute Gasteiger partial charge is 0.417 e. The van der Waals surface area contributed by atoms with Crippen molar-refractivity contribution in [2.24, 2.45) is 5.92 Å². The second-order valence-electron chi connectivity index (χ2n) is 10.2. The van der Waals surface area contributed by atoms with E-state index in [1.807, 2.05) is 79.7 Å². The predicted octanol–water partition coefficient (Wildman–Crippen LogP) is 5.29. The number of benzene rings is 3. The molecule has 1 aliphatic heterocycles. The molecule has 0 aromatic heterocycles. The standard InChI is InChI=1S/C32H37NO7/c1-22(19-38-20-24-10-6-4-7-11-24)18-28(34)30(39-21-25-14-16-27(37-3)17-15-25)31(35)33-23(2)29(40-32(33)36)26-12-8-5-9-13-26/h4-17,22-23,28-30,34H,18-21H2,1-3H3/t22-,23-,28+,29-,30-/m1/s1. The number of amides is 2. The maximum atomic E-state index is 13.8. The molecule has 4 rings (SSSR count). The number of nitrogens with zero attached hydrogens (tertiary/aromatic N) is 1. The van der Waals surface area contributed by atoms with Gasteiger partial charge in [-0.3, -0.25) is 4.79 Å². The van der Waals surface area contributed by atoms with Crippen molar-refractivity contribution in [1.29, 1.82) is 0 Å². The quantitative estimate of drug-likeness (QED) is 0.311. The Kier molecular flexibility index (Phi) is 10.3. The summed E-state index contributed by atoms with van der Waals surface area (Å²) in [5.41, 5.74) is 2.64. The second-order valence-corrected chi connectivity index (χ2v) is 10.2. The lowest BCUT2D eigenvalue weighted by Crippen LogP contribution is -2.49. The van der Waals surface area contributed by atoms with Crippen molar-refractivity contribution >= 4 is 12.0 Å². The van der Waals surface area contributed by atoms with Crippen molar-refractivity contribution in [2.75, 3.05) is 13.7 Å². The minimum Gasteiger partial charge on any atom is -0.497 e. The molecular weight excluding hydrogens is 510 g/mol. The summed E-state index contributed by atoms with van der Waals surface area (Å²) in [5, 5.41) is 11.2. The number of cyclic esters (lactones) is 1. The highest BCUT2D eigenvalue weighted by Crippen LogP contribution is 2.33. The maximum Gasteiger partial charge on any atom is 0.417 e. The van der Waals surface area contributed by atoms with Crippen LogP contribution in [0.2, 0.25) is 0 Å². The van der Waals surface area contributed by atoms with E-state index in [-0.39, 0.29) is 18.9 Å². The van der Waals surface area contributed by atoms with Crippen molar-refractivity contribution in [1.82, 2.24) is 4.90 Å². The highest BCUT2D eigenvalue weighted by Gasteiger charge is 2.47. The van der Waals surface area contributed by atoms with E-state index in [0.29, 0.717) is 19.0 Å². The van der Waals surface area contributed by atoms with Gasteiger partial charge in [0, 0.05) is 6.61 Å². The van der Waals surface area contributed by atoms with Crippen LogP contribution < -0.4 is 4.74 Å². The third kappa shape index (κ3) is 7.47.